The molecule has 0 aromatic heterocycles. The molecule has 0 bridgehead atoms. The van der Waals surface area contributed by atoms with Crippen LogP contribution in [0, 0.1) is 11.3 Å². The molecule has 0 saturated carbocycles. The van der Waals surface area contributed by atoms with Gasteiger partial charge in [-0.05, 0) is 36.0 Å². The zero-order valence-corrected chi connectivity index (χ0v) is 15.0. The third kappa shape index (κ3) is 5.76. The standard InChI is InChI=1S/C18H19N3OS2/c1-22-17-8-4-7-16(11-17)21-18(23)20-9-10-24-13-15-6-3-2-5-14(15)12-19/h2-8,11H,9-10,13H2,1H3,(H2,20,21,23). The number of nitrogens with zero attached hydrogens (tertiary/aromatic N) is 1. The molecule has 2 aromatic carbocycles. The van der Waals surface area contributed by atoms with E-state index < -0.39 is 0 Å². The third-order valence-corrected chi connectivity index (χ3v) is 4.51. The summed E-state index contributed by atoms with van der Waals surface area (Å²) < 4.78 is 5.18. The second-order valence-corrected chi connectivity index (χ2v) is 6.45. The monoisotopic (exact) mass is 357 g/mol. The number of hydrogen-bond acceptors (Lipinski definition) is 4. The molecular formula is C18H19N3OS2. The number of rotatable bonds is 7. The van der Waals surface area contributed by atoms with Crippen LogP contribution < -0.4 is 15.4 Å². The molecule has 0 saturated heterocycles. The molecule has 6 heteroatoms. The fraction of sp³-hybridized carbons (Fsp3) is 0.222. The minimum Gasteiger partial charge on any atom is -0.497 e. The number of thiocarbonyl (C=S) groups is 1. The van der Waals surface area contributed by atoms with Gasteiger partial charge in [-0.15, -0.1) is 0 Å². The summed E-state index contributed by atoms with van der Waals surface area (Å²) in [6, 6.07) is 17.5. The van der Waals surface area contributed by atoms with E-state index in [0.29, 0.717) is 5.11 Å². The molecule has 0 radical (unpaired) electrons. The van der Waals surface area contributed by atoms with Crippen molar-refractivity contribution in [2.75, 3.05) is 24.7 Å². The maximum Gasteiger partial charge on any atom is 0.170 e. The lowest BCUT2D eigenvalue weighted by Crippen LogP contribution is -2.30. The summed E-state index contributed by atoms with van der Waals surface area (Å²) in [4.78, 5) is 0. The van der Waals surface area contributed by atoms with Crippen LogP contribution in [0.25, 0.3) is 0 Å². The number of benzene rings is 2. The Morgan fingerprint density at radius 1 is 1.25 bits per heavy atom. The molecule has 0 aliphatic heterocycles. The van der Waals surface area contributed by atoms with Crippen LogP contribution in [0.1, 0.15) is 11.1 Å². The predicted octanol–water partition coefficient (Wildman–Crippen LogP) is 3.79. The Morgan fingerprint density at radius 3 is 2.88 bits per heavy atom. The van der Waals surface area contributed by atoms with Crippen molar-refractivity contribution in [2.24, 2.45) is 0 Å². The van der Waals surface area contributed by atoms with Crippen LogP contribution in [0.15, 0.2) is 48.5 Å². The first-order valence-electron chi connectivity index (χ1n) is 7.47. The molecule has 0 amide bonds. The predicted molar refractivity (Wildman–Crippen MR) is 105 cm³/mol. The topological polar surface area (TPSA) is 57.1 Å². The molecule has 0 fully saturated rings. The van der Waals surface area contributed by atoms with Gasteiger partial charge in [0.15, 0.2) is 5.11 Å². The summed E-state index contributed by atoms with van der Waals surface area (Å²) in [5.41, 5.74) is 2.71. The Labute approximate surface area is 152 Å². The minimum absolute atomic E-state index is 0.585. The SMILES string of the molecule is COc1cccc(NC(=S)NCCSCc2ccccc2C#N)c1. The van der Waals surface area contributed by atoms with Gasteiger partial charge >= 0.3 is 0 Å². The van der Waals surface area contributed by atoms with E-state index in [9.17, 15) is 0 Å². The van der Waals surface area contributed by atoms with Crippen LogP contribution in [0.2, 0.25) is 0 Å². The molecule has 24 heavy (non-hydrogen) atoms. The maximum atomic E-state index is 9.07. The number of nitriles is 1. The summed E-state index contributed by atoms with van der Waals surface area (Å²) in [6.45, 7) is 0.759. The lowest BCUT2D eigenvalue weighted by atomic mass is 10.1. The summed E-state index contributed by atoms with van der Waals surface area (Å²) in [6.07, 6.45) is 0. The summed E-state index contributed by atoms with van der Waals surface area (Å²) >= 11 is 7.05. The molecule has 0 heterocycles. The van der Waals surface area contributed by atoms with Gasteiger partial charge < -0.3 is 15.4 Å². The van der Waals surface area contributed by atoms with Crippen LogP contribution in [-0.4, -0.2) is 24.5 Å². The van der Waals surface area contributed by atoms with Crippen LogP contribution >= 0.6 is 24.0 Å². The Balaban J connectivity index is 1.68. The first-order valence-corrected chi connectivity index (χ1v) is 9.04. The van der Waals surface area contributed by atoms with Gasteiger partial charge in [-0.1, -0.05) is 24.3 Å². The van der Waals surface area contributed by atoms with Gasteiger partial charge in [-0.2, -0.15) is 17.0 Å². The quantitative estimate of drug-likeness (QED) is 0.581. The Kier molecular flexibility index (Phi) is 7.40. The number of nitrogens with one attached hydrogen (secondary N) is 2. The van der Waals surface area contributed by atoms with Crippen molar-refractivity contribution in [2.45, 2.75) is 5.75 Å². The van der Waals surface area contributed by atoms with Crippen molar-refractivity contribution in [3.05, 3.63) is 59.7 Å². The van der Waals surface area contributed by atoms with Crippen molar-refractivity contribution < 1.29 is 4.74 Å². The van der Waals surface area contributed by atoms with E-state index in [2.05, 4.69) is 16.7 Å². The zero-order chi connectivity index (χ0) is 17.2. The highest BCUT2D eigenvalue weighted by atomic mass is 32.2. The zero-order valence-electron chi connectivity index (χ0n) is 13.4. The molecule has 0 spiro atoms. The van der Waals surface area contributed by atoms with Gasteiger partial charge in [-0.3, -0.25) is 0 Å². The molecule has 0 aliphatic rings. The third-order valence-electron chi connectivity index (χ3n) is 3.25. The van der Waals surface area contributed by atoms with Gasteiger partial charge in [0, 0.05) is 29.8 Å². The highest BCUT2D eigenvalue weighted by molar-refractivity contribution is 7.98. The molecule has 0 aliphatic carbocycles. The van der Waals surface area contributed by atoms with E-state index in [1.807, 2.05) is 48.5 Å². The van der Waals surface area contributed by atoms with Gasteiger partial charge in [0.05, 0.1) is 18.7 Å². The van der Waals surface area contributed by atoms with Crippen molar-refractivity contribution in [3.63, 3.8) is 0 Å². The molecule has 2 N–H and O–H groups in total. The second kappa shape index (κ2) is 9.81. The summed E-state index contributed by atoms with van der Waals surface area (Å²) in [5, 5.41) is 16.0. The van der Waals surface area contributed by atoms with Crippen molar-refractivity contribution >= 4 is 34.8 Å². The van der Waals surface area contributed by atoms with E-state index in [-0.39, 0.29) is 0 Å². The van der Waals surface area contributed by atoms with Crippen LogP contribution in [0.5, 0.6) is 5.75 Å². The largest absolute Gasteiger partial charge is 0.497 e. The van der Waals surface area contributed by atoms with Gasteiger partial charge in [0.25, 0.3) is 0 Å². The average Bonchev–Trinajstić information content (AvgIpc) is 2.62. The Hall–Kier alpha value is -2.23. The first kappa shape index (κ1) is 18.1. The molecule has 0 atom stereocenters. The molecule has 2 rings (SSSR count). The van der Waals surface area contributed by atoms with Crippen LogP contribution in [-0.2, 0) is 5.75 Å². The molecular weight excluding hydrogens is 338 g/mol. The van der Waals surface area contributed by atoms with E-state index in [1.54, 1.807) is 18.9 Å². The van der Waals surface area contributed by atoms with E-state index in [4.69, 9.17) is 22.2 Å². The lowest BCUT2D eigenvalue weighted by molar-refractivity contribution is 0.415. The summed E-state index contributed by atoms with van der Waals surface area (Å²) in [5.74, 6) is 2.51. The van der Waals surface area contributed by atoms with Gasteiger partial charge in [0.2, 0.25) is 0 Å². The maximum absolute atomic E-state index is 9.07. The number of hydrogen-bond donors (Lipinski definition) is 2. The average molecular weight is 358 g/mol. The highest BCUT2D eigenvalue weighted by Crippen LogP contribution is 2.17. The van der Waals surface area contributed by atoms with E-state index in [0.717, 1.165) is 40.6 Å². The number of methoxy groups -OCH3 is 1. The molecule has 0 unspecified atom stereocenters. The van der Waals surface area contributed by atoms with Crippen LogP contribution in [0.3, 0.4) is 0 Å². The smallest absolute Gasteiger partial charge is 0.170 e. The summed E-state index contributed by atoms with van der Waals surface area (Å²) in [7, 11) is 1.64. The minimum atomic E-state index is 0.585. The van der Waals surface area contributed by atoms with E-state index >= 15 is 0 Å². The van der Waals surface area contributed by atoms with Crippen molar-refractivity contribution in [3.8, 4) is 11.8 Å². The number of ether oxygens (including phenoxy) is 1. The molecule has 4 nitrogen and oxygen atoms in total. The number of anilines is 1. The fourth-order valence-corrected chi connectivity index (χ4v) is 3.13. The van der Waals surface area contributed by atoms with Crippen molar-refractivity contribution in [1.82, 2.24) is 5.32 Å². The normalized spacial score (nSPS) is 9.83. The number of thioether (sulfide) groups is 1. The van der Waals surface area contributed by atoms with Gasteiger partial charge in [-0.25, -0.2) is 0 Å². The van der Waals surface area contributed by atoms with Gasteiger partial charge in [0.1, 0.15) is 5.75 Å². The van der Waals surface area contributed by atoms with Crippen LogP contribution in [0.4, 0.5) is 5.69 Å². The van der Waals surface area contributed by atoms with Crippen molar-refractivity contribution in [1.29, 1.82) is 5.26 Å². The first-order chi connectivity index (χ1) is 11.7. The Bertz CT molecular complexity index is 728. The molecule has 124 valence electrons. The lowest BCUT2D eigenvalue weighted by Gasteiger charge is -2.11. The highest BCUT2D eigenvalue weighted by Gasteiger charge is 2.02. The van der Waals surface area contributed by atoms with E-state index in [1.165, 1.54) is 0 Å². The molecule has 2 aromatic rings. The fourth-order valence-electron chi connectivity index (χ4n) is 2.05. The second-order valence-electron chi connectivity index (χ2n) is 4.93. The Morgan fingerprint density at radius 2 is 2.08 bits per heavy atom.